The maximum absolute atomic E-state index is 12.9. The predicted molar refractivity (Wildman–Crippen MR) is 121 cm³/mol. The maximum atomic E-state index is 12.9. The van der Waals surface area contributed by atoms with E-state index in [-0.39, 0.29) is 12.3 Å². The fourth-order valence-corrected chi connectivity index (χ4v) is 3.78. The second-order valence-corrected chi connectivity index (χ2v) is 7.90. The molecule has 4 rings (SSSR count). The Bertz CT molecular complexity index is 1120. The average Bonchev–Trinajstić information content (AvgIpc) is 2.83. The number of rotatable bonds is 5. The standard InChI is InChI=1S/C24H24F3N5O/c1-16(33)17-4-8-21(9-5-17)31-10-12-32(13-11-31)23-29-20(15-28)14-22(30-23)18-2-6-19(7-3-18)24(25,26)27/h2-9,14H,10-13,15,28H2,1H3. The van der Waals surface area contributed by atoms with Gasteiger partial charge in [-0.05, 0) is 49.4 Å². The van der Waals surface area contributed by atoms with E-state index in [2.05, 4.69) is 14.9 Å². The van der Waals surface area contributed by atoms with Crippen LogP contribution in [0.5, 0.6) is 0 Å². The molecule has 1 aliphatic heterocycles. The summed E-state index contributed by atoms with van der Waals surface area (Å²) in [6.45, 7) is 4.58. The van der Waals surface area contributed by atoms with Gasteiger partial charge in [-0.3, -0.25) is 4.79 Å². The Morgan fingerprint density at radius 1 is 0.939 bits per heavy atom. The summed E-state index contributed by atoms with van der Waals surface area (Å²) in [5, 5.41) is 0. The molecule has 0 radical (unpaired) electrons. The number of hydrogen-bond acceptors (Lipinski definition) is 6. The molecule has 0 unspecified atom stereocenters. The van der Waals surface area contributed by atoms with Crippen LogP contribution < -0.4 is 15.5 Å². The SMILES string of the molecule is CC(=O)c1ccc(N2CCN(c3nc(CN)cc(-c4ccc(C(F)(F)F)cc4)n3)CC2)cc1. The molecule has 1 aromatic heterocycles. The molecule has 0 saturated carbocycles. The molecule has 0 spiro atoms. The normalized spacial score (nSPS) is 14.5. The first-order valence-corrected chi connectivity index (χ1v) is 10.6. The molecule has 9 heteroatoms. The predicted octanol–water partition coefficient (Wildman–Crippen LogP) is 4.15. The van der Waals surface area contributed by atoms with Crippen LogP contribution in [0.4, 0.5) is 24.8 Å². The molecule has 2 N–H and O–H groups in total. The van der Waals surface area contributed by atoms with E-state index in [0.29, 0.717) is 41.6 Å². The minimum Gasteiger partial charge on any atom is -0.368 e. The highest BCUT2D eigenvalue weighted by Crippen LogP contribution is 2.31. The van der Waals surface area contributed by atoms with Crippen molar-refractivity contribution in [3.63, 3.8) is 0 Å². The Balaban J connectivity index is 1.51. The highest BCUT2D eigenvalue weighted by Gasteiger charge is 2.30. The smallest absolute Gasteiger partial charge is 0.368 e. The van der Waals surface area contributed by atoms with Crippen LogP contribution >= 0.6 is 0 Å². The first-order chi connectivity index (χ1) is 15.7. The van der Waals surface area contributed by atoms with E-state index in [1.165, 1.54) is 12.1 Å². The van der Waals surface area contributed by atoms with Crippen molar-refractivity contribution in [2.45, 2.75) is 19.6 Å². The number of nitrogens with zero attached hydrogens (tertiary/aromatic N) is 4. The van der Waals surface area contributed by atoms with Crippen molar-refractivity contribution in [3.8, 4) is 11.3 Å². The highest BCUT2D eigenvalue weighted by molar-refractivity contribution is 5.94. The van der Waals surface area contributed by atoms with E-state index in [9.17, 15) is 18.0 Å². The number of anilines is 2. The number of carbonyl (C=O) groups is 1. The number of ketones is 1. The Kier molecular flexibility index (Phi) is 6.33. The molecular weight excluding hydrogens is 431 g/mol. The molecule has 0 atom stereocenters. The van der Waals surface area contributed by atoms with Crippen LogP contribution in [0.2, 0.25) is 0 Å². The van der Waals surface area contributed by atoms with Crippen LogP contribution in [0.3, 0.4) is 0 Å². The number of nitrogens with two attached hydrogens (primary N) is 1. The number of halogens is 3. The molecule has 0 bridgehead atoms. The van der Waals surface area contributed by atoms with Crippen molar-refractivity contribution in [1.82, 2.24) is 9.97 Å². The molecule has 172 valence electrons. The highest BCUT2D eigenvalue weighted by atomic mass is 19.4. The van der Waals surface area contributed by atoms with Gasteiger partial charge in [0.2, 0.25) is 5.95 Å². The first-order valence-electron chi connectivity index (χ1n) is 10.6. The monoisotopic (exact) mass is 455 g/mol. The van der Waals surface area contributed by atoms with Gasteiger partial charge in [-0.15, -0.1) is 0 Å². The minimum absolute atomic E-state index is 0.0344. The van der Waals surface area contributed by atoms with Crippen LogP contribution in [0.1, 0.15) is 28.5 Å². The molecule has 0 aliphatic carbocycles. The van der Waals surface area contributed by atoms with Crippen molar-refractivity contribution >= 4 is 17.4 Å². The third-order valence-corrected chi connectivity index (χ3v) is 5.69. The van der Waals surface area contributed by atoms with E-state index in [0.717, 1.165) is 30.9 Å². The van der Waals surface area contributed by atoms with E-state index >= 15 is 0 Å². The minimum atomic E-state index is -4.39. The molecule has 2 heterocycles. The molecule has 1 saturated heterocycles. The van der Waals surface area contributed by atoms with Crippen LogP contribution in [-0.2, 0) is 12.7 Å². The third kappa shape index (κ3) is 5.14. The fourth-order valence-electron chi connectivity index (χ4n) is 3.78. The number of Topliss-reactive ketones (excluding diaryl/α,β-unsaturated/α-hetero) is 1. The summed E-state index contributed by atoms with van der Waals surface area (Å²) in [6.07, 6.45) is -4.39. The van der Waals surface area contributed by atoms with Crippen molar-refractivity contribution < 1.29 is 18.0 Å². The van der Waals surface area contributed by atoms with Crippen molar-refractivity contribution in [3.05, 3.63) is 71.4 Å². The Hall–Kier alpha value is -3.46. The summed E-state index contributed by atoms with van der Waals surface area (Å²) in [5.74, 6) is 0.548. The summed E-state index contributed by atoms with van der Waals surface area (Å²) in [5.41, 5.74) is 8.58. The van der Waals surface area contributed by atoms with E-state index < -0.39 is 11.7 Å². The van der Waals surface area contributed by atoms with Gasteiger partial charge in [0.15, 0.2) is 5.78 Å². The van der Waals surface area contributed by atoms with E-state index in [1.807, 2.05) is 29.2 Å². The lowest BCUT2D eigenvalue weighted by Gasteiger charge is -2.36. The van der Waals surface area contributed by atoms with Gasteiger partial charge in [-0.25, -0.2) is 9.97 Å². The van der Waals surface area contributed by atoms with Crippen LogP contribution in [0.25, 0.3) is 11.3 Å². The van der Waals surface area contributed by atoms with Gasteiger partial charge in [0, 0.05) is 49.5 Å². The van der Waals surface area contributed by atoms with Crippen LogP contribution in [0, 0.1) is 0 Å². The average molecular weight is 455 g/mol. The lowest BCUT2D eigenvalue weighted by atomic mass is 10.1. The second kappa shape index (κ2) is 9.19. The lowest BCUT2D eigenvalue weighted by molar-refractivity contribution is -0.137. The zero-order valence-corrected chi connectivity index (χ0v) is 18.1. The van der Waals surface area contributed by atoms with Crippen molar-refractivity contribution in [2.75, 3.05) is 36.0 Å². The first kappa shape index (κ1) is 22.7. The zero-order valence-electron chi connectivity index (χ0n) is 18.1. The number of alkyl halides is 3. The fraction of sp³-hybridized carbons (Fsp3) is 0.292. The Morgan fingerprint density at radius 3 is 2.09 bits per heavy atom. The van der Waals surface area contributed by atoms with Gasteiger partial charge in [0.25, 0.3) is 0 Å². The van der Waals surface area contributed by atoms with Crippen LogP contribution in [0.15, 0.2) is 54.6 Å². The van der Waals surface area contributed by atoms with Gasteiger partial charge < -0.3 is 15.5 Å². The van der Waals surface area contributed by atoms with Crippen molar-refractivity contribution in [2.24, 2.45) is 5.73 Å². The van der Waals surface area contributed by atoms with Crippen LogP contribution in [-0.4, -0.2) is 41.9 Å². The van der Waals surface area contributed by atoms with Gasteiger partial charge in [-0.2, -0.15) is 13.2 Å². The summed E-state index contributed by atoms with van der Waals surface area (Å²) in [6, 6.07) is 14.2. The maximum Gasteiger partial charge on any atom is 0.416 e. The molecule has 33 heavy (non-hydrogen) atoms. The molecular formula is C24H24F3N5O. The number of benzene rings is 2. The topological polar surface area (TPSA) is 75.4 Å². The molecule has 1 aliphatic rings. The largest absolute Gasteiger partial charge is 0.416 e. The second-order valence-electron chi connectivity index (χ2n) is 7.90. The van der Waals surface area contributed by atoms with E-state index in [4.69, 9.17) is 5.73 Å². The molecule has 6 nitrogen and oxygen atoms in total. The van der Waals surface area contributed by atoms with Gasteiger partial charge in [0.1, 0.15) is 0 Å². The summed E-state index contributed by atoms with van der Waals surface area (Å²) >= 11 is 0. The number of carbonyl (C=O) groups excluding carboxylic acids is 1. The molecule has 2 aromatic carbocycles. The summed E-state index contributed by atoms with van der Waals surface area (Å²) in [4.78, 5) is 24.9. The summed E-state index contributed by atoms with van der Waals surface area (Å²) in [7, 11) is 0. The third-order valence-electron chi connectivity index (χ3n) is 5.69. The Morgan fingerprint density at radius 2 is 1.55 bits per heavy atom. The van der Waals surface area contributed by atoms with Gasteiger partial charge in [0.05, 0.1) is 17.0 Å². The van der Waals surface area contributed by atoms with E-state index in [1.54, 1.807) is 13.0 Å². The van der Waals surface area contributed by atoms with Crippen molar-refractivity contribution in [1.29, 1.82) is 0 Å². The summed E-state index contributed by atoms with van der Waals surface area (Å²) < 4.78 is 38.7. The lowest BCUT2D eigenvalue weighted by Crippen LogP contribution is -2.47. The molecule has 0 amide bonds. The molecule has 3 aromatic rings. The number of hydrogen-bond donors (Lipinski definition) is 1. The van der Waals surface area contributed by atoms with Gasteiger partial charge in [-0.1, -0.05) is 12.1 Å². The quantitative estimate of drug-likeness (QED) is 0.583. The number of piperazine rings is 1. The Labute approximate surface area is 189 Å². The molecule has 1 fully saturated rings. The van der Waals surface area contributed by atoms with Gasteiger partial charge >= 0.3 is 6.18 Å². The zero-order chi connectivity index (χ0) is 23.6. The number of aromatic nitrogens is 2.